The van der Waals surface area contributed by atoms with Crippen LogP contribution >= 0.6 is 0 Å². The SMILES string of the molecule is CCCC(N)CC(=O)NCC1CC2CCC1C2. The van der Waals surface area contributed by atoms with E-state index in [9.17, 15) is 4.79 Å². The Labute approximate surface area is 105 Å². The molecule has 0 saturated heterocycles. The van der Waals surface area contributed by atoms with Crippen LogP contribution in [0.25, 0.3) is 0 Å². The largest absolute Gasteiger partial charge is 0.356 e. The number of nitrogens with one attached hydrogen (secondary N) is 1. The molecule has 0 aromatic heterocycles. The molecular formula is C14H26N2O. The summed E-state index contributed by atoms with van der Waals surface area (Å²) in [5.41, 5.74) is 5.87. The molecule has 98 valence electrons. The van der Waals surface area contributed by atoms with E-state index in [1.54, 1.807) is 0 Å². The Bertz CT molecular complexity index is 267. The number of carbonyl (C=O) groups excluding carboxylic acids is 1. The summed E-state index contributed by atoms with van der Waals surface area (Å²) in [6, 6.07) is 0.0417. The van der Waals surface area contributed by atoms with E-state index in [1.165, 1.54) is 25.7 Å². The van der Waals surface area contributed by atoms with Gasteiger partial charge in [0.1, 0.15) is 0 Å². The van der Waals surface area contributed by atoms with Crippen molar-refractivity contribution in [3.8, 4) is 0 Å². The Balaban J connectivity index is 1.63. The van der Waals surface area contributed by atoms with Gasteiger partial charge >= 0.3 is 0 Å². The second-order valence-electron chi connectivity index (χ2n) is 5.99. The molecule has 2 bridgehead atoms. The lowest BCUT2D eigenvalue weighted by molar-refractivity contribution is -0.121. The predicted octanol–water partition coefficient (Wildman–Crippen LogP) is 2.06. The molecule has 2 aliphatic carbocycles. The normalized spacial score (nSPS) is 32.7. The first-order valence-corrected chi connectivity index (χ1v) is 7.21. The van der Waals surface area contributed by atoms with E-state index in [1.807, 2.05) is 0 Å². The summed E-state index contributed by atoms with van der Waals surface area (Å²) < 4.78 is 0. The fourth-order valence-corrected chi connectivity index (χ4v) is 3.65. The van der Waals surface area contributed by atoms with E-state index in [0.29, 0.717) is 6.42 Å². The van der Waals surface area contributed by atoms with Crippen LogP contribution in [0.3, 0.4) is 0 Å². The van der Waals surface area contributed by atoms with E-state index in [2.05, 4.69) is 12.2 Å². The molecule has 0 aliphatic heterocycles. The topological polar surface area (TPSA) is 55.1 Å². The molecule has 2 aliphatic rings. The zero-order chi connectivity index (χ0) is 12.3. The Morgan fingerprint density at radius 2 is 2.24 bits per heavy atom. The third-order valence-electron chi connectivity index (χ3n) is 4.55. The van der Waals surface area contributed by atoms with Crippen LogP contribution in [0.15, 0.2) is 0 Å². The molecule has 2 saturated carbocycles. The molecule has 3 heteroatoms. The van der Waals surface area contributed by atoms with Crippen molar-refractivity contribution in [2.45, 2.75) is 57.9 Å². The summed E-state index contributed by atoms with van der Waals surface area (Å²) in [6.07, 6.45) is 8.07. The molecule has 2 fully saturated rings. The number of amides is 1. The number of carbonyl (C=O) groups is 1. The first-order valence-electron chi connectivity index (χ1n) is 7.21. The minimum atomic E-state index is 0.0417. The highest BCUT2D eigenvalue weighted by Crippen LogP contribution is 2.47. The van der Waals surface area contributed by atoms with Gasteiger partial charge in [-0.2, -0.15) is 0 Å². The van der Waals surface area contributed by atoms with Crippen LogP contribution in [0, 0.1) is 17.8 Å². The molecule has 0 aromatic rings. The summed E-state index contributed by atoms with van der Waals surface area (Å²) in [4.78, 5) is 11.7. The van der Waals surface area contributed by atoms with Crippen LogP contribution in [-0.4, -0.2) is 18.5 Å². The third kappa shape index (κ3) is 3.44. The molecule has 0 aromatic carbocycles. The maximum absolute atomic E-state index is 11.7. The summed E-state index contributed by atoms with van der Waals surface area (Å²) in [7, 11) is 0. The fourth-order valence-electron chi connectivity index (χ4n) is 3.65. The number of nitrogens with two attached hydrogens (primary N) is 1. The molecule has 4 atom stereocenters. The summed E-state index contributed by atoms with van der Waals surface area (Å²) in [5, 5.41) is 3.08. The van der Waals surface area contributed by atoms with Crippen LogP contribution in [0.4, 0.5) is 0 Å². The van der Waals surface area contributed by atoms with Gasteiger partial charge in [-0.1, -0.05) is 19.8 Å². The zero-order valence-corrected chi connectivity index (χ0v) is 11.0. The Morgan fingerprint density at radius 3 is 2.82 bits per heavy atom. The number of hydrogen-bond donors (Lipinski definition) is 2. The first-order chi connectivity index (χ1) is 8.19. The van der Waals surface area contributed by atoms with Gasteiger partial charge in [-0.05, 0) is 43.4 Å². The van der Waals surface area contributed by atoms with Crippen molar-refractivity contribution in [1.82, 2.24) is 5.32 Å². The Morgan fingerprint density at radius 1 is 1.41 bits per heavy atom. The van der Waals surface area contributed by atoms with Gasteiger partial charge in [-0.15, -0.1) is 0 Å². The molecule has 4 unspecified atom stereocenters. The average molecular weight is 238 g/mol. The molecule has 1 amide bonds. The number of rotatable bonds is 6. The number of hydrogen-bond acceptors (Lipinski definition) is 2. The minimum absolute atomic E-state index is 0.0417. The van der Waals surface area contributed by atoms with Gasteiger partial charge in [0.05, 0.1) is 0 Å². The maximum atomic E-state index is 11.7. The van der Waals surface area contributed by atoms with Crippen molar-refractivity contribution in [2.24, 2.45) is 23.5 Å². The monoisotopic (exact) mass is 238 g/mol. The molecule has 3 nitrogen and oxygen atoms in total. The van der Waals surface area contributed by atoms with Crippen molar-refractivity contribution in [1.29, 1.82) is 0 Å². The fraction of sp³-hybridized carbons (Fsp3) is 0.929. The van der Waals surface area contributed by atoms with Gasteiger partial charge < -0.3 is 11.1 Å². The standard InChI is InChI=1S/C14H26N2O/c1-2-3-13(15)8-14(17)16-9-12-7-10-4-5-11(12)6-10/h10-13H,2-9,15H2,1H3,(H,16,17). The molecule has 0 radical (unpaired) electrons. The third-order valence-corrected chi connectivity index (χ3v) is 4.55. The lowest BCUT2D eigenvalue weighted by Crippen LogP contribution is -2.35. The molecule has 0 heterocycles. The van der Waals surface area contributed by atoms with E-state index in [0.717, 1.165) is 37.1 Å². The van der Waals surface area contributed by atoms with Crippen molar-refractivity contribution in [3.63, 3.8) is 0 Å². The smallest absolute Gasteiger partial charge is 0.221 e. The van der Waals surface area contributed by atoms with Crippen LogP contribution in [-0.2, 0) is 4.79 Å². The molecule has 0 spiro atoms. The zero-order valence-electron chi connectivity index (χ0n) is 11.0. The summed E-state index contributed by atoms with van der Waals surface area (Å²) in [6.45, 7) is 2.99. The molecular weight excluding hydrogens is 212 g/mol. The van der Waals surface area contributed by atoms with Crippen LogP contribution in [0.5, 0.6) is 0 Å². The van der Waals surface area contributed by atoms with Crippen molar-refractivity contribution in [2.75, 3.05) is 6.54 Å². The van der Waals surface area contributed by atoms with E-state index in [-0.39, 0.29) is 11.9 Å². The van der Waals surface area contributed by atoms with Crippen molar-refractivity contribution in [3.05, 3.63) is 0 Å². The predicted molar refractivity (Wildman–Crippen MR) is 69.4 cm³/mol. The van der Waals surface area contributed by atoms with Gasteiger partial charge in [0, 0.05) is 19.0 Å². The first kappa shape index (κ1) is 12.9. The average Bonchev–Trinajstić information content (AvgIpc) is 2.88. The molecule has 3 N–H and O–H groups in total. The van der Waals surface area contributed by atoms with Gasteiger partial charge in [0.2, 0.25) is 5.91 Å². The highest BCUT2D eigenvalue weighted by molar-refractivity contribution is 5.76. The van der Waals surface area contributed by atoms with Crippen molar-refractivity contribution >= 4 is 5.91 Å². The summed E-state index contributed by atoms with van der Waals surface area (Å²) in [5.74, 6) is 2.75. The summed E-state index contributed by atoms with van der Waals surface area (Å²) >= 11 is 0. The van der Waals surface area contributed by atoms with E-state index in [4.69, 9.17) is 5.73 Å². The highest BCUT2D eigenvalue weighted by atomic mass is 16.1. The Kier molecular flexibility index (Phi) is 4.43. The van der Waals surface area contributed by atoms with Gasteiger partial charge in [-0.3, -0.25) is 4.79 Å². The second kappa shape index (κ2) is 5.85. The maximum Gasteiger partial charge on any atom is 0.221 e. The lowest BCUT2D eigenvalue weighted by Gasteiger charge is -2.22. The van der Waals surface area contributed by atoms with E-state index >= 15 is 0 Å². The van der Waals surface area contributed by atoms with Gasteiger partial charge in [0.15, 0.2) is 0 Å². The quantitative estimate of drug-likeness (QED) is 0.744. The van der Waals surface area contributed by atoms with Crippen LogP contribution in [0.1, 0.15) is 51.9 Å². The van der Waals surface area contributed by atoms with Crippen LogP contribution in [0.2, 0.25) is 0 Å². The molecule has 2 rings (SSSR count). The minimum Gasteiger partial charge on any atom is -0.356 e. The van der Waals surface area contributed by atoms with Gasteiger partial charge in [-0.25, -0.2) is 0 Å². The number of fused-ring (bicyclic) bond motifs is 2. The molecule has 17 heavy (non-hydrogen) atoms. The van der Waals surface area contributed by atoms with Crippen molar-refractivity contribution < 1.29 is 4.79 Å². The van der Waals surface area contributed by atoms with E-state index < -0.39 is 0 Å². The Hall–Kier alpha value is -0.570. The highest BCUT2D eigenvalue weighted by Gasteiger charge is 2.39. The van der Waals surface area contributed by atoms with Gasteiger partial charge in [0.25, 0.3) is 0 Å². The van der Waals surface area contributed by atoms with Crippen LogP contribution < -0.4 is 11.1 Å². The second-order valence-corrected chi connectivity index (χ2v) is 5.99. The lowest BCUT2D eigenvalue weighted by atomic mass is 9.89.